The highest BCUT2D eigenvalue weighted by Gasteiger charge is 2.29. The normalized spacial score (nSPS) is 15.9. The molecule has 0 saturated carbocycles. The van der Waals surface area contributed by atoms with Crippen LogP contribution in [0.25, 0.3) is 21.7 Å². The number of hydrogen-bond donors (Lipinski definition) is 0. The Bertz CT molecular complexity index is 1040. The molecule has 156 valence electrons. The molecule has 2 aromatic carbocycles. The molecule has 5 nitrogen and oxygen atoms in total. The molecule has 0 aliphatic carbocycles. The number of rotatable bonds is 4. The summed E-state index contributed by atoms with van der Waals surface area (Å²) in [5, 5.41) is 12.5. The van der Waals surface area contributed by atoms with Gasteiger partial charge in [0.05, 0.1) is 43.8 Å². The molecule has 1 amide bonds. The molecule has 1 saturated heterocycles. The average Bonchev–Trinajstić information content (AvgIpc) is 3.19. The van der Waals surface area contributed by atoms with E-state index < -0.39 is 0 Å². The number of carbonyl (C=O) groups is 1. The number of likely N-dealkylation sites (N-methyl/N-ethyl adjacent to an activating group) is 1. The van der Waals surface area contributed by atoms with Crippen molar-refractivity contribution in [2.75, 3.05) is 39.5 Å². The number of aromatic nitrogens is 1. The SMILES string of the molecule is CSc1ccc(-c2sc(C(=O)N3CC[N+](C)([O-])CC3)nc2-c2ccc(F)cc2)cc1. The maximum Gasteiger partial charge on any atom is 0.283 e. The first-order chi connectivity index (χ1) is 14.4. The van der Waals surface area contributed by atoms with Gasteiger partial charge in [-0.3, -0.25) is 4.79 Å². The van der Waals surface area contributed by atoms with Crippen molar-refractivity contribution in [3.05, 3.63) is 64.6 Å². The lowest BCUT2D eigenvalue weighted by atomic mass is 10.1. The van der Waals surface area contributed by atoms with Crippen molar-refractivity contribution < 1.29 is 13.8 Å². The molecule has 0 bridgehead atoms. The van der Waals surface area contributed by atoms with Crippen molar-refractivity contribution in [3.63, 3.8) is 0 Å². The third-order valence-corrected chi connectivity index (χ3v) is 7.09. The minimum absolute atomic E-state index is 0.157. The second-order valence-corrected chi connectivity index (χ2v) is 9.35. The highest BCUT2D eigenvalue weighted by molar-refractivity contribution is 7.98. The van der Waals surface area contributed by atoms with Gasteiger partial charge in [-0.25, -0.2) is 9.37 Å². The number of thiazole rings is 1. The average molecular weight is 444 g/mol. The lowest BCUT2D eigenvalue weighted by Gasteiger charge is -2.44. The second-order valence-electron chi connectivity index (χ2n) is 7.47. The summed E-state index contributed by atoms with van der Waals surface area (Å²) >= 11 is 3.00. The zero-order valence-electron chi connectivity index (χ0n) is 16.8. The summed E-state index contributed by atoms with van der Waals surface area (Å²) in [6, 6.07) is 14.3. The topological polar surface area (TPSA) is 56.3 Å². The van der Waals surface area contributed by atoms with Gasteiger partial charge in [0.15, 0.2) is 5.01 Å². The molecule has 0 N–H and O–H groups in total. The third-order valence-electron chi connectivity index (χ3n) is 5.25. The smallest absolute Gasteiger partial charge is 0.283 e. The van der Waals surface area contributed by atoms with Crippen molar-refractivity contribution in [1.82, 2.24) is 9.88 Å². The van der Waals surface area contributed by atoms with Gasteiger partial charge in [0.1, 0.15) is 5.82 Å². The maximum atomic E-state index is 13.4. The number of thioether (sulfide) groups is 1. The Hall–Kier alpha value is -2.26. The zero-order valence-corrected chi connectivity index (χ0v) is 18.4. The van der Waals surface area contributed by atoms with Crippen LogP contribution < -0.4 is 0 Å². The largest absolute Gasteiger partial charge is 0.633 e. The Morgan fingerprint density at radius 3 is 2.30 bits per heavy atom. The van der Waals surface area contributed by atoms with Crippen LogP contribution in [-0.4, -0.2) is 59.9 Å². The number of carbonyl (C=O) groups excluding carboxylic acids is 1. The molecule has 1 fully saturated rings. The molecule has 1 aromatic heterocycles. The molecule has 3 aromatic rings. The van der Waals surface area contributed by atoms with Crippen molar-refractivity contribution in [1.29, 1.82) is 0 Å². The van der Waals surface area contributed by atoms with Crippen molar-refractivity contribution in [3.8, 4) is 21.7 Å². The third kappa shape index (κ3) is 4.41. The molecule has 1 aliphatic heterocycles. The molecule has 0 atom stereocenters. The Kier molecular flexibility index (Phi) is 5.92. The number of benzene rings is 2. The van der Waals surface area contributed by atoms with Crippen LogP contribution in [0.4, 0.5) is 4.39 Å². The van der Waals surface area contributed by atoms with Crippen LogP contribution in [0, 0.1) is 11.0 Å². The van der Waals surface area contributed by atoms with Gasteiger partial charge in [-0.1, -0.05) is 12.1 Å². The lowest BCUT2D eigenvalue weighted by molar-refractivity contribution is -0.864. The predicted molar refractivity (Wildman–Crippen MR) is 120 cm³/mol. The summed E-state index contributed by atoms with van der Waals surface area (Å²) in [5.41, 5.74) is 2.39. The second kappa shape index (κ2) is 8.47. The Balaban J connectivity index is 1.71. The number of amides is 1. The van der Waals surface area contributed by atoms with Gasteiger partial charge >= 0.3 is 0 Å². The fourth-order valence-electron chi connectivity index (χ4n) is 3.38. The number of hydroxylamine groups is 3. The summed E-state index contributed by atoms with van der Waals surface area (Å²) in [5.74, 6) is -0.474. The lowest BCUT2D eigenvalue weighted by Crippen LogP contribution is -2.55. The Morgan fingerprint density at radius 2 is 1.70 bits per heavy atom. The van der Waals surface area contributed by atoms with Crippen molar-refractivity contribution in [2.24, 2.45) is 0 Å². The summed E-state index contributed by atoms with van der Waals surface area (Å²) in [6.45, 7) is 1.60. The van der Waals surface area contributed by atoms with E-state index in [1.54, 1.807) is 35.8 Å². The van der Waals surface area contributed by atoms with E-state index in [4.69, 9.17) is 0 Å². The van der Waals surface area contributed by atoms with Crippen molar-refractivity contribution in [2.45, 2.75) is 4.90 Å². The van der Waals surface area contributed by atoms with Crippen LogP contribution in [0.3, 0.4) is 0 Å². The number of halogens is 1. The fraction of sp³-hybridized carbons (Fsp3) is 0.273. The van der Waals surface area contributed by atoms with Gasteiger partial charge in [-0.05, 0) is 48.2 Å². The van der Waals surface area contributed by atoms with E-state index in [2.05, 4.69) is 4.98 Å². The first kappa shape index (κ1) is 21.0. The molecular formula is C22H22FN3O2S2. The highest BCUT2D eigenvalue weighted by atomic mass is 32.2. The quantitative estimate of drug-likeness (QED) is 0.332. The number of nitrogens with zero attached hydrogens (tertiary/aromatic N) is 3. The summed E-state index contributed by atoms with van der Waals surface area (Å²) in [6.07, 6.45) is 2.02. The van der Waals surface area contributed by atoms with Gasteiger partial charge in [0.25, 0.3) is 5.91 Å². The first-order valence-electron chi connectivity index (χ1n) is 9.62. The molecule has 0 unspecified atom stereocenters. The minimum atomic E-state index is -0.324. The van der Waals surface area contributed by atoms with Crippen LogP contribution in [0.2, 0.25) is 0 Å². The van der Waals surface area contributed by atoms with Gasteiger partial charge in [-0.15, -0.1) is 23.1 Å². The maximum absolute atomic E-state index is 13.4. The Labute approximate surface area is 183 Å². The van der Waals surface area contributed by atoms with Crippen molar-refractivity contribution >= 4 is 29.0 Å². The van der Waals surface area contributed by atoms with E-state index in [1.807, 2.05) is 30.5 Å². The zero-order chi connectivity index (χ0) is 21.3. The molecule has 30 heavy (non-hydrogen) atoms. The molecule has 0 spiro atoms. The molecule has 0 radical (unpaired) electrons. The van der Waals surface area contributed by atoms with E-state index in [-0.39, 0.29) is 16.4 Å². The van der Waals surface area contributed by atoms with E-state index >= 15 is 0 Å². The number of quaternary nitrogens is 1. The van der Waals surface area contributed by atoms with E-state index in [9.17, 15) is 14.4 Å². The van der Waals surface area contributed by atoms with E-state index in [1.165, 1.54) is 23.5 Å². The number of piperazine rings is 1. The van der Waals surface area contributed by atoms with Gasteiger partial charge in [0, 0.05) is 10.5 Å². The van der Waals surface area contributed by atoms with Gasteiger partial charge < -0.3 is 14.8 Å². The summed E-state index contributed by atoms with van der Waals surface area (Å²) in [4.78, 5) is 21.5. The molecular weight excluding hydrogens is 421 g/mol. The van der Waals surface area contributed by atoms with Crippen LogP contribution in [0.1, 0.15) is 9.80 Å². The van der Waals surface area contributed by atoms with Crippen LogP contribution >= 0.6 is 23.1 Å². The highest BCUT2D eigenvalue weighted by Crippen LogP contribution is 2.38. The Morgan fingerprint density at radius 1 is 1.10 bits per heavy atom. The first-order valence-corrected chi connectivity index (χ1v) is 11.7. The monoisotopic (exact) mass is 443 g/mol. The molecule has 4 rings (SSSR count). The molecule has 8 heteroatoms. The summed E-state index contributed by atoms with van der Waals surface area (Å²) in [7, 11) is 1.63. The minimum Gasteiger partial charge on any atom is -0.633 e. The van der Waals surface area contributed by atoms with Gasteiger partial charge in [-0.2, -0.15) is 0 Å². The molecule has 1 aliphatic rings. The van der Waals surface area contributed by atoms with Gasteiger partial charge in [0.2, 0.25) is 0 Å². The fourth-order valence-corrected chi connectivity index (χ4v) is 4.85. The number of hydrogen-bond acceptors (Lipinski definition) is 5. The van der Waals surface area contributed by atoms with E-state index in [0.29, 0.717) is 36.9 Å². The predicted octanol–water partition coefficient (Wildman–Crippen LogP) is 4.74. The summed E-state index contributed by atoms with van der Waals surface area (Å²) < 4.78 is 13.1. The standard InChI is InChI=1S/C22H22FN3O2S2/c1-26(28)13-11-25(12-14-26)22(27)21-24-19(15-3-7-17(23)8-4-15)20(30-21)16-5-9-18(29-2)10-6-16/h3-10H,11-14H2,1-2H3. The van der Waals surface area contributed by atoms with Crippen LogP contribution in [0.5, 0.6) is 0 Å². The van der Waals surface area contributed by atoms with Crippen LogP contribution in [-0.2, 0) is 0 Å². The van der Waals surface area contributed by atoms with E-state index in [0.717, 1.165) is 20.9 Å². The van der Waals surface area contributed by atoms with Crippen LogP contribution in [0.15, 0.2) is 53.4 Å². The molecule has 2 heterocycles.